The van der Waals surface area contributed by atoms with Crippen molar-refractivity contribution in [3.05, 3.63) is 18.7 Å². The normalized spacial score (nSPS) is 22.8. The van der Waals surface area contributed by atoms with Gasteiger partial charge in [-0.25, -0.2) is 9.97 Å². The molecule has 2 N–H and O–H groups in total. The minimum Gasteiger partial charge on any atom is -0.380 e. The molecule has 2 rings (SSSR count). The van der Waals surface area contributed by atoms with Crippen LogP contribution in [0.2, 0.25) is 0 Å². The molecular formula is C13H22N4. The van der Waals surface area contributed by atoms with Crippen LogP contribution in [-0.4, -0.2) is 28.6 Å². The van der Waals surface area contributed by atoms with Gasteiger partial charge in [-0.15, -0.1) is 0 Å². The second-order valence-electron chi connectivity index (χ2n) is 4.91. The first kappa shape index (κ1) is 12.3. The van der Waals surface area contributed by atoms with Crippen LogP contribution >= 0.6 is 0 Å². The third-order valence-electron chi connectivity index (χ3n) is 3.27. The van der Waals surface area contributed by atoms with Gasteiger partial charge in [0.25, 0.3) is 0 Å². The molecule has 1 fully saturated rings. The number of nitrogens with zero attached hydrogens (tertiary/aromatic N) is 2. The topological polar surface area (TPSA) is 49.8 Å². The fourth-order valence-corrected chi connectivity index (χ4v) is 2.45. The zero-order valence-electron chi connectivity index (χ0n) is 10.5. The number of hydrogen-bond acceptors (Lipinski definition) is 4. The summed E-state index contributed by atoms with van der Waals surface area (Å²) >= 11 is 0. The Morgan fingerprint density at radius 2 is 2.18 bits per heavy atom. The average molecular weight is 234 g/mol. The van der Waals surface area contributed by atoms with Crippen molar-refractivity contribution in [1.82, 2.24) is 15.3 Å². The van der Waals surface area contributed by atoms with Crippen molar-refractivity contribution < 1.29 is 0 Å². The maximum absolute atomic E-state index is 4.01. The van der Waals surface area contributed by atoms with E-state index in [0.717, 1.165) is 12.1 Å². The lowest BCUT2D eigenvalue weighted by molar-refractivity contribution is 0.456. The molecule has 1 aromatic heterocycles. The first-order valence-corrected chi connectivity index (χ1v) is 6.59. The Balaban J connectivity index is 1.78. The Labute approximate surface area is 103 Å². The van der Waals surface area contributed by atoms with Gasteiger partial charge in [0.15, 0.2) is 0 Å². The summed E-state index contributed by atoms with van der Waals surface area (Å²) in [6, 6.07) is 1.11. The summed E-state index contributed by atoms with van der Waals surface area (Å²) in [5.41, 5.74) is 1.01. The van der Waals surface area contributed by atoms with Crippen molar-refractivity contribution >= 4 is 5.69 Å². The van der Waals surface area contributed by atoms with E-state index in [1.165, 1.54) is 32.2 Å². The van der Waals surface area contributed by atoms with Gasteiger partial charge >= 0.3 is 0 Å². The molecule has 0 aliphatic carbocycles. The lowest BCUT2D eigenvalue weighted by Gasteiger charge is -2.21. The number of anilines is 1. The monoisotopic (exact) mass is 234 g/mol. The van der Waals surface area contributed by atoms with Crippen LogP contribution in [0.15, 0.2) is 18.7 Å². The summed E-state index contributed by atoms with van der Waals surface area (Å²) in [6.07, 6.45) is 11.7. The van der Waals surface area contributed by atoms with Crippen LogP contribution in [-0.2, 0) is 0 Å². The fourth-order valence-electron chi connectivity index (χ4n) is 2.45. The molecule has 2 unspecified atom stereocenters. The molecule has 0 aromatic carbocycles. The van der Waals surface area contributed by atoms with Crippen LogP contribution in [0.4, 0.5) is 5.69 Å². The Hall–Kier alpha value is -1.16. The Bertz CT molecular complexity index is 306. The Kier molecular flexibility index (Phi) is 4.74. The van der Waals surface area contributed by atoms with Gasteiger partial charge in [-0.2, -0.15) is 0 Å². The van der Waals surface area contributed by atoms with Crippen LogP contribution in [0.3, 0.4) is 0 Å². The van der Waals surface area contributed by atoms with Crippen LogP contribution in [0.1, 0.15) is 39.0 Å². The SMILES string of the molecule is CC(CC1CCCCCN1)Nc1cncnc1. The van der Waals surface area contributed by atoms with Crippen molar-refractivity contribution in [2.24, 2.45) is 0 Å². The molecule has 0 saturated carbocycles. The van der Waals surface area contributed by atoms with E-state index in [1.807, 2.05) is 12.4 Å². The molecule has 0 bridgehead atoms. The summed E-state index contributed by atoms with van der Waals surface area (Å²) < 4.78 is 0. The molecule has 0 spiro atoms. The molecule has 2 heterocycles. The van der Waals surface area contributed by atoms with Gasteiger partial charge in [-0.05, 0) is 32.7 Å². The molecule has 4 heteroatoms. The van der Waals surface area contributed by atoms with E-state index in [2.05, 4.69) is 27.5 Å². The van der Waals surface area contributed by atoms with Crippen molar-refractivity contribution in [2.45, 2.75) is 51.1 Å². The van der Waals surface area contributed by atoms with Gasteiger partial charge in [0, 0.05) is 12.1 Å². The Morgan fingerprint density at radius 3 is 3.00 bits per heavy atom. The van der Waals surface area contributed by atoms with E-state index >= 15 is 0 Å². The predicted octanol–water partition coefficient (Wildman–Crippen LogP) is 2.20. The number of aromatic nitrogens is 2. The maximum atomic E-state index is 4.01. The molecule has 1 aliphatic rings. The maximum Gasteiger partial charge on any atom is 0.115 e. The first-order valence-electron chi connectivity index (χ1n) is 6.59. The smallest absolute Gasteiger partial charge is 0.115 e. The quantitative estimate of drug-likeness (QED) is 0.838. The highest BCUT2D eigenvalue weighted by Gasteiger charge is 2.14. The summed E-state index contributed by atoms with van der Waals surface area (Å²) in [5.74, 6) is 0. The van der Waals surface area contributed by atoms with Gasteiger partial charge < -0.3 is 10.6 Å². The van der Waals surface area contributed by atoms with Crippen molar-refractivity contribution in [3.8, 4) is 0 Å². The van der Waals surface area contributed by atoms with E-state index in [9.17, 15) is 0 Å². The molecule has 1 aromatic rings. The highest BCUT2D eigenvalue weighted by Crippen LogP contribution is 2.14. The zero-order chi connectivity index (χ0) is 11.9. The first-order chi connectivity index (χ1) is 8.34. The molecule has 17 heavy (non-hydrogen) atoms. The molecule has 0 amide bonds. The summed E-state index contributed by atoms with van der Waals surface area (Å²) in [4.78, 5) is 8.02. The molecule has 1 saturated heterocycles. The van der Waals surface area contributed by atoms with Crippen molar-refractivity contribution in [1.29, 1.82) is 0 Å². The van der Waals surface area contributed by atoms with Crippen LogP contribution in [0, 0.1) is 0 Å². The largest absolute Gasteiger partial charge is 0.380 e. The van der Waals surface area contributed by atoms with E-state index in [0.29, 0.717) is 12.1 Å². The average Bonchev–Trinajstić information content (AvgIpc) is 2.59. The lowest BCUT2D eigenvalue weighted by Crippen LogP contribution is -2.33. The number of rotatable bonds is 4. The molecule has 2 atom stereocenters. The van der Waals surface area contributed by atoms with Gasteiger partial charge in [-0.3, -0.25) is 0 Å². The highest BCUT2D eigenvalue weighted by molar-refractivity contribution is 5.38. The van der Waals surface area contributed by atoms with E-state index in [4.69, 9.17) is 0 Å². The van der Waals surface area contributed by atoms with Gasteiger partial charge in [-0.1, -0.05) is 12.8 Å². The molecule has 94 valence electrons. The van der Waals surface area contributed by atoms with Gasteiger partial charge in [0.2, 0.25) is 0 Å². The summed E-state index contributed by atoms with van der Waals surface area (Å²) in [7, 11) is 0. The van der Waals surface area contributed by atoms with E-state index in [1.54, 1.807) is 6.33 Å². The molecule has 0 radical (unpaired) electrons. The minimum atomic E-state index is 0.455. The van der Waals surface area contributed by atoms with Crippen LogP contribution in [0.25, 0.3) is 0 Å². The summed E-state index contributed by atoms with van der Waals surface area (Å²) in [6.45, 7) is 3.39. The van der Waals surface area contributed by atoms with E-state index < -0.39 is 0 Å². The fraction of sp³-hybridized carbons (Fsp3) is 0.692. The lowest BCUT2D eigenvalue weighted by atomic mass is 10.0. The van der Waals surface area contributed by atoms with Gasteiger partial charge in [0.1, 0.15) is 6.33 Å². The molecule has 1 aliphatic heterocycles. The van der Waals surface area contributed by atoms with E-state index in [-0.39, 0.29) is 0 Å². The molecular weight excluding hydrogens is 212 g/mol. The highest BCUT2D eigenvalue weighted by atomic mass is 15.0. The zero-order valence-corrected chi connectivity index (χ0v) is 10.5. The Morgan fingerprint density at radius 1 is 1.35 bits per heavy atom. The third-order valence-corrected chi connectivity index (χ3v) is 3.27. The number of nitrogens with one attached hydrogen (secondary N) is 2. The van der Waals surface area contributed by atoms with Crippen LogP contribution in [0.5, 0.6) is 0 Å². The molecule has 4 nitrogen and oxygen atoms in total. The van der Waals surface area contributed by atoms with Crippen molar-refractivity contribution in [2.75, 3.05) is 11.9 Å². The predicted molar refractivity (Wildman–Crippen MR) is 70.0 cm³/mol. The van der Waals surface area contributed by atoms with Gasteiger partial charge in [0.05, 0.1) is 18.1 Å². The van der Waals surface area contributed by atoms with Crippen LogP contribution < -0.4 is 10.6 Å². The summed E-state index contributed by atoms with van der Waals surface area (Å²) in [5, 5.41) is 7.07. The van der Waals surface area contributed by atoms with Crippen molar-refractivity contribution in [3.63, 3.8) is 0 Å². The second kappa shape index (κ2) is 6.55. The third kappa shape index (κ3) is 4.30. The standard InChI is InChI=1S/C13H22N4/c1-11(17-13-8-14-10-15-9-13)7-12-5-3-2-4-6-16-12/h8-12,16-17H,2-7H2,1H3. The number of hydrogen-bond donors (Lipinski definition) is 2. The second-order valence-corrected chi connectivity index (χ2v) is 4.91. The minimum absolute atomic E-state index is 0.455.